The van der Waals surface area contributed by atoms with Gasteiger partial charge in [0, 0.05) is 16.7 Å². The first-order chi connectivity index (χ1) is 11.0. The number of nitrogens with zero attached hydrogens (tertiary/aromatic N) is 1. The first-order valence-corrected chi connectivity index (χ1v) is 7.62. The van der Waals surface area contributed by atoms with Crippen molar-refractivity contribution in [2.24, 2.45) is 0 Å². The van der Waals surface area contributed by atoms with Crippen LogP contribution < -0.4 is 5.32 Å². The Hall–Kier alpha value is -2.34. The lowest BCUT2D eigenvalue weighted by Gasteiger charge is -2.41. The zero-order valence-electron chi connectivity index (χ0n) is 12.2. The maximum absolute atomic E-state index is 12.3. The third-order valence-electron chi connectivity index (χ3n) is 4.03. The SMILES string of the molecule is O=C(O)CC1(NC(=O)c2cc(-c3cccc(Cl)c3)no2)CCC1. The standard InChI is InChI=1S/C16H15ClN2O4/c17-11-4-1-3-10(7-11)12-8-13(23-19-12)15(22)18-16(5-2-6-16)9-14(20)21/h1,3-4,7-8H,2,5-6,9H2,(H,18,22)(H,20,21). The number of carboxylic acids is 1. The smallest absolute Gasteiger partial charge is 0.305 e. The van der Waals surface area contributed by atoms with Gasteiger partial charge in [-0.15, -0.1) is 0 Å². The van der Waals surface area contributed by atoms with Crippen LogP contribution in [0.5, 0.6) is 0 Å². The number of aromatic nitrogens is 1. The van der Waals surface area contributed by atoms with Crippen LogP contribution in [-0.2, 0) is 4.79 Å². The van der Waals surface area contributed by atoms with Crippen LogP contribution in [0.3, 0.4) is 0 Å². The van der Waals surface area contributed by atoms with Crippen LogP contribution in [0.2, 0.25) is 5.02 Å². The molecule has 1 aromatic heterocycles. The third kappa shape index (κ3) is 3.37. The molecule has 1 aliphatic rings. The van der Waals surface area contributed by atoms with E-state index in [0.717, 1.165) is 12.0 Å². The minimum Gasteiger partial charge on any atom is -0.481 e. The normalized spacial score (nSPS) is 15.7. The van der Waals surface area contributed by atoms with E-state index in [-0.39, 0.29) is 12.2 Å². The molecule has 1 saturated carbocycles. The number of aliphatic carboxylic acids is 1. The number of carbonyl (C=O) groups excluding carboxylic acids is 1. The summed E-state index contributed by atoms with van der Waals surface area (Å²) in [4.78, 5) is 23.2. The maximum atomic E-state index is 12.3. The maximum Gasteiger partial charge on any atom is 0.305 e. The molecule has 1 aromatic carbocycles. The summed E-state index contributed by atoms with van der Waals surface area (Å²) in [5.74, 6) is -1.33. The Kier molecular flexibility index (Phi) is 4.09. The van der Waals surface area contributed by atoms with E-state index in [2.05, 4.69) is 10.5 Å². The fourth-order valence-corrected chi connectivity index (χ4v) is 2.90. The predicted molar refractivity (Wildman–Crippen MR) is 83.3 cm³/mol. The Morgan fingerprint density at radius 3 is 2.74 bits per heavy atom. The second kappa shape index (κ2) is 6.04. The van der Waals surface area contributed by atoms with Crippen molar-refractivity contribution in [3.8, 4) is 11.3 Å². The molecule has 0 spiro atoms. The molecule has 1 fully saturated rings. The molecule has 0 radical (unpaired) electrons. The quantitative estimate of drug-likeness (QED) is 0.876. The lowest BCUT2D eigenvalue weighted by atomic mass is 9.74. The Labute approximate surface area is 137 Å². The third-order valence-corrected chi connectivity index (χ3v) is 4.27. The van der Waals surface area contributed by atoms with Crippen molar-refractivity contribution in [2.45, 2.75) is 31.2 Å². The van der Waals surface area contributed by atoms with Gasteiger partial charge in [0.25, 0.3) is 5.91 Å². The van der Waals surface area contributed by atoms with Crippen LogP contribution in [0.1, 0.15) is 36.2 Å². The highest BCUT2D eigenvalue weighted by Gasteiger charge is 2.41. The van der Waals surface area contributed by atoms with Gasteiger partial charge in [-0.05, 0) is 31.4 Å². The highest BCUT2D eigenvalue weighted by Crippen LogP contribution is 2.35. The average Bonchev–Trinajstić information content (AvgIpc) is 2.94. The van der Waals surface area contributed by atoms with Crippen LogP contribution >= 0.6 is 11.6 Å². The van der Waals surface area contributed by atoms with E-state index in [0.29, 0.717) is 23.6 Å². The lowest BCUT2D eigenvalue weighted by Crippen LogP contribution is -2.54. The summed E-state index contributed by atoms with van der Waals surface area (Å²) in [6.45, 7) is 0. The van der Waals surface area contributed by atoms with Gasteiger partial charge in [-0.3, -0.25) is 9.59 Å². The van der Waals surface area contributed by atoms with E-state index in [1.54, 1.807) is 18.2 Å². The van der Waals surface area contributed by atoms with E-state index in [4.69, 9.17) is 21.2 Å². The molecule has 3 rings (SSSR count). The molecule has 2 N–H and O–H groups in total. The Bertz CT molecular complexity index is 752. The first-order valence-electron chi connectivity index (χ1n) is 7.24. The van der Waals surface area contributed by atoms with Crippen molar-refractivity contribution >= 4 is 23.5 Å². The molecule has 6 nitrogen and oxygen atoms in total. The zero-order valence-corrected chi connectivity index (χ0v) is 13.0. The molecule has 0 aliphatic heterocycles. The molecule has 1 heterocycles. The summed E-state index contributed by atoms with van der Waals surface area (Å²) in [6, 6.07) is 8.57. The Balaban J connectivity index is 1.75. The van der Waals surface area contributed by atoms with Crippen molar-refractivity contribution in [2.75, 3.05) is 0 Å². The van der Waals surface area contributed by atoms with Gasteiger partial charge in [0.1, 0.15) is 5.69 Å². The van der Waals surface area contributed by atoms with Crippen LogP contribution in [-0.4, -0.2) is 27.7 Å². The summed E-state index contributed by atoms with van der Waals surface area (Å²) >= 11 is 5.93. The molecular weight excluding hydrogens is 320 g/mol. The molecule has 7 heteroatoms. The van der Waals surface area contributed by atoms with E-state index >= 15 is 0 Å². The topological polar surface area (TPSA) is 92.4 Å². The highest BCUT2D eigenvalue weighted by atomic mass is 35.5. The number of hydrogen-bond acceptors (Lipinski definition) is 4. The monoisotopic (exact) mass is 334 g/mol. The van der Waals surface area contributed by atoms with Gasteiger partial charge in [0.2, 0.25) is 5.76 Å². The summed E-state index contributed by atoms with van der Waals surface area (Å²) in [5.41, 5.74) is 0.564. The van der Waals surface area contributed by atoms with Crippen molar-refractivity contribution < 1.29 is 19.2 Å². The molecule has 2 aromatic rings. The number of carboxylic acid groups (broad SMARTS) is 1. The van der Waals surface area contributed by atoms with Crippen molar-refractivity contribution in [3.05, 3.63) is 41.1 Å². The molecule has 23 heavy (non-hydrogen) atoms. The number of carbonyl (C=O) groups is 2. The van der Waals surface area contributed by atoms with Crippen molar-refractivity contribution in [1.29, 1.82) is 0 Å². The second-order valence-corrected chi connectivity index (χ2v) is 6.18. The molecular formula is C16H15ClN2O4. The molecule has 0 bridgehead atoms. The van der Waals surface area contributed by atoms with Gasteiger partial charge < -0.3 is 14.9 Å². The fourth-order valence-electron chi connectivity index (χ4n) is 2.71. The number of benzene rings is 1. The number of amides is 1. The van der Waals surface area contributed by atoms with Gasteiger partial charge in [-0.1, -0.05) is 28.9 Å². The number of rotatable bonds is 5. The minimum atomic E-state index is -0.929. The average molecular weight is 335 g/mol. The summed E-state index contributed by atoms with van der Waals surface area (Å²) < 4.78 is 5.09. The molecule has 0 atom stereocenters. The zero-order chi connectivity index (χ0) is 16.4. The Morgan fingerprint density at radius 2 is 2.13 bits per heavy atom. The van der Waals surface area contributed by atoms with Crippen molar-refractivity contribution in [1.82, 2.24) is 10.5 Å². The van der Waals surface area contributed by atoms with Gasteiger partial charge in [-0.25, -0.2) is 0 Å². The molecule has 0 saturated heterocycles. The molecule has 1 amide bonds. The predicted octanol–water partition coefficient (Wildman–Crippen LogP) is 3.12. The van der Waals surface area contributed by atoms with Gasteiger partial charge in [0.05, 0.1) is 12.0 Å². The van der Waals surface area contributed by atoms with Gasteiger partial charge in [-0.2, -0.15) is 0 Å². The number of hydrogen-bond donors (Lipinski definition) is 2. The molecule has 0 unspecified atom stereocenters. The Morgan fingerprint density at radius 1 is 1.35 bits per heavy atom. The van der Waals surface area contributed by atoms with E-state index in [1.807, 2.05) is 6.07 Å². The van der Waals surface area contributed by atoms with Gasteiger partial charge >= 0.3 is 5.97 Å². The van der Waals surface area contributed by atoms with E-state index in [9.17, 15) is 9.59 Å². The number of halogens is 1. The van der Waals surface area contributed by atoms with Crippen LogP contribution in [0.4, 0.5) is 0 Å². The van der Waals surface area contributed by atoms with E-state index in [1.165, 1.54) is 6.07 Å². The number of nitrogens with one attached hydrogen (secondary N) is 1. The first kappa shape index (κ1) is 15.6. The van der Waals surface area contributed by atoms with E-state index < -0.39 is 17.4 Å². The summed E-state index contributed by atoms with van der Waals surface area (Å²) in [5, 5.41) is 16.2. The highest BCUT2D eigenvalue weighted by molar-refractivity contribution is 6.30. The fraction of sp³-hybridized carbons (Fsp3) is 0.312. The minimum absolute atomic E-state index is 0.0524. The van der Waals surface area contributed by atoms with Crippen molar-refractivity contribution in [3.63, 3.8) is 0 Å². The summed E-state index contributed by atoms with van der Waals surface area (Å²) in [7, 11) is 0. The van der Waals surface area contributed by atoms with Crippen LogP contribution in [0.15, 0.2) is 34.9 Å². The van der Waals surface area contributed by atoms with Crippen LogP contribution in [0, 0.1) is 0 Å². The van der Waals surface area contributed by atoms with Crippen LogP contribution in [0.25, 0.3) is 11.3 Å². The molecule has 120 valence electrons. The lowest BCUT2D eigenvalue weighted by molar-refractivity contribution is -0.139. The summed E-state index contributed by atoms with van der Waals surface area (Å²) in [6.07, 6.45) is 2.12. The van der Waals surface area contributed by atoms with Gasteiger partial charge in [0.15, 0.2) is 0 Å². The molecule has 1 aliphatic carbocycles. The second-order valence-electron chi connectivity index (χ2n) is 5.75. The largest absolute Gasteiger partial charge is 0.481 e.